The van der Waals surface area contributed by atoms with Crippen LogP contribution in [0.15, 0.2) is 37.1 Å². The van der Waals surface area contributed by atoms with Gasteiger partial charge in [0.05, 0.1) is 11.9 Å². The van der Waals surface area contributed by atoms with Crippen molar-refractivity contribution in [3.05, 3.63) is 42.6 Å². The van der Waals surface area contributed by atoms with Gasteiger partial charge in [-0.25, -0.2) is 9.97 Å². The van der Waals surface area contributed by atoms with E-state index < -0.39 is 0 Å². The number of aromatic nitrogens is 3. The van der Waals surface area contributed by atoms with E-state index in [1.807, 2.05) is 18.6 Å². The highest BCUT2D eigenvalue weighted by Crippen LogP contribution is 2.17. The first-order valence-electron chi connectivity index (χ1n) is 7.20. The topological polar surface area (TPSA) is 54.3 Å². The quantitative estimate of drug-likeness (QED) is 0.764. The Labute approximate surface area is 124 Å². The lowest BCUT2D eigenvalue weighted by Crippen LogP contribution is -2.47. The Hall–Kier alpha value is -2.21. The maximum absolute atomic E-state index is 11.1. The second-order valence-electron chi connectivity index (χ2n) is 5.16. The molecule has 0 radical (unpaired) electrons. The van der Waals surface area contributed by atoms with Gasteiger partial charge in [0, 0.05) is 57.9 Å². The third-order valence-electron chi connectivity index (χ3n) is 3.85. The maximum Gasteiger partial charge on any atom is 0.153 e. The molecule has 1 fully saturated rings. The van der Waals surface area contributed by atoms with Gasteiger partial charge in [-0.05, 0) is 12.1 Å². The molecule has 3 rings (SSSR count). The molecule has 110 valence electrons. The summed E-state index contributed by atoms with van der Waals surface area (Å²) in [5, 5.41) is 0. The van der Waals surface area contributed by atoms with Crippen molar-refractivity contribution in [2.75, 3.05) is 37.6 Å². The van der Waals surface area contributed by atoms with Gasteiger partial charge in [-0.3, -0.25) is 9.69 Å². The lowest BCUT2D eigenvalue weighted by molar-refractivity contribution is 0.112. The largest absolute Gasteiger partial charge is 0.353 e. The number of aldehydes is 1. The fourth-order valence-electron chi connectivity index (χ4n) is 2.62. The number of carbonyl (C=O) groups is 1. The fraction of sp³-hybridized carbons (Fsp3) is 0.400. The predicted octanol–water partition coefficient (Wildman–Crippen LogP) is 0.913. The summed E-state index contributed by atoms with van der Waals surface area (Å²) in [7, 11) is 0. The monoisotopic (exact) mass is 285 g/mol. The molecule has 21 heavy (non-hydrogen) atoms. The molecule has 2 aromatic rings. The van der Waals surface area contributed by atoms with Crippen LogP contribution in [0.3, 0.4) is 0 Å². The van der Waals surface area contributed by atoms with Crippen LogP contribution in [-0.4, -0.2) is 58.4 Å². The smallest absolute Gasteiger partial charge is 0.153 e. The van der Waals surface area contributed by atoms with E-state index in [2.05, 4.69) is 24.3 Å². The Morgan fingerprint density at radius 3 is 2.71 bits per heavy atom. The molecule has 3 heterocycles. The average molecular weight is 285 g/mol. The van der Waals surface area contributed by atoms with Gasteiger partial charge in [0.2, 0.25) is 0 Å². The predicted molar refractivity (Wildman–Crippen MR) is 80.5 cm³/mol. The van der Waals surface area contributed by atoms with Crippen LogP contribution in [0.25, 0.3) is 0 Å². The zero-order valence-electron chi connectivity index (χ0n) is 11.9. The molecule has 0 N–H and O–H groups in total. The van der Waals surface area contributed by atoms with E-state index in [0.29, 0.717) is 5.56 Å². The van der Waals surface area contributed by atoms with E-state index in [1.165, 1.54) is 0 Å². The van der Waals surface area contributed by atoms with Crippen molar-refractivity contribution in [3.8, 4) is 0 Å². The van der Waals surface area contributed by atoms with Gasteiger partial charge in [0.25, 0.3) is 0 Å². The Morgan fingerprint density at radius 1 is 1.14 bits per heavy atom. The lowest BCUT2D eigenvalue weighted by atomic mass is 10.2. The second kappa shape index (κ2) is 6.49. The van der Waals surface area contributed by atoms with Gasteiger partial charge in [-0.2, -0.15) is 0 Å². The minimum Gasteiger partial charge on any atom is -0.353 e. The van der Waals surface area contributed by atoms with Crippen molar-refractivity contribution >= 4 is 12.1 Å². The number of hydrogen-bond donors (Lipinski definition) is 0. The highest BCUT2D eigenvalue weighted by Gasteiger charge is 2.19. The molecule has 0 amide bonds. The number of piperazine rings is 1. The van der Waals surface area contributed by atoms with Crippen molar-refractivity contribution in [1.29, 1.82) is 0 Å². The number of hydrogen-bond acceptors (Lipinski definition) is 5. The molecule has 0 saturated carbocycles. The van der Waals surface area contributed by atoms with Crippen LogP contribution >= 0.6 is 0 Å². The van der Waals surface area contributed by atoms with E-state index >= 15 is 0 Å². The van der Waals surface area contributed by atoms with Crippen molar-refractivity contribution in [2.24, 2.45) is 0 Å². The molecule has 0 atom stereocenters. The highest BCUT2D eigenvalue weighted by atomic mass is 16.1. The summed E-state index contributed by atoms with van der Waals surface area (Å²) in [5.74, 6) is 0.807. The zero-order valence-corrected chi connectivity index (χ0v) is 11.9. The third-order valence-corrected chi connectivity index (χ3v) is 3.85. The van der Waals surface area contributed by atoms with Gasteiger partial charge in [-0.1, -0.05) is 0 Å². The summed E-state index contributed by atoms with van der Waals surface area (Å²) in [6.45, 7) is 5.77. The number of pyridine rings is 1. The Morgan fingerprint density at radius 2 is 2.00 bits per heavy atom. The third kappa shape index (κ3) is 3.28. The Balaban J connectivity index is 1.54. The Kier molecular flexibility index (Phi) is 4.25. The molecular formula is C15H19N5O. The molecule has 0 unspecified atom stereocenters. The van der Waals surface area contributed by atoms with Gasteiger partial charge >= 0.3 is 0 Å². The van der Waals surface area contributed by atoms with Crippen molar-refractivity contribution in [3.63, 3.8) is 0 Å². The summed E-state index contributed by atoms with van der Waals surface area (Å²) >= 11 is 0. The summed E-state index contributed by atoms with van der Waals surface area (Å²) in [6.07, 6.45) is 8.27. The zero-order chi connectivity index (χ0) is 14.5. The summed E-state index contributed by atoms with van der Waals surface area (Å²) < 4.78 is 2.09. The van der Waals surface area contributed by atoms with Gasteiger partial charge in [0.1, 0.15) is 5.82 Å². The normalized spacial score (nSPS) is 16.1. The second-order valence-corrected chi connectivity index (χ2v) is 5.16. The summed E-state index contributed by atoms with van der Waals surface area (Å²) in [6, 6.07) is 3.62. The minimum absolute atomic E-state index is 0.671. The van der Waals surface area contributed by atoms with Gasteiger partial charge < -0.3 is 9.47 Å². The number of anilines is 1. The molecule has 1 saturated heterocycles. The number of carbonyl (C=O) groups excluding carboxylic acids is 1. The molecule has 6 heteroatoms. The summed E-state index contributed by atoms with van der Waals surface area (Å²) in [5.41, 5.74) is 0.671. The highest BCUT2D eigenvalue weighted by molar-refractivity contribution is 5.82. The molecule has 1 aliphatic rings. The van der Waals surface area contributed by atoms with Crippen LogP contribution in [0.2, 0.25) is 0 Å². The fourth-order valence-corrected chi connectivity index (χ4v) is 2.62. The van der Waals surface area contributed by atoms with E-state index in [0.717, 1.165) is 51.4 Å². The minimum atomic E-state index is 0.671. The number of nitrogens with zero attached hydrogens (tertiary/aromatic N) is 5. The molecule has 0 aromatic carbocycles. The van der Waals surface area contributed by atoms with Gasteiger partial charge in [0.15, 0.2) is 6.29 Å². The first-order valence-corrected chi connectivity index (χ1v) is 7.20. The molecule has 0 spiro atoms. The first kappa shape index (κ1) is 13.8. The van der Waals surface area contributed by atoms with Crippen LogP contribution in [0.4, 0.5) is 5.82 Å². The molecule has 6 nitrogen and oxygen atoms in total. The van der Waals surface area contributed by atoms with Crippen molar-refractivity contribution in [2.45, 2.75) is 6.54 Å². The van der Waals surface area contributed by atoms with Crippen LogP contribution in [0.1, 0.15) is 10.4 Å². The van der Waals surface area contributed by atoms with Gasteiger partial charge in [-0.15, -0.1) is 0 Å². The molecule has 1 aliphatic heterocycles. The molecule has 0 bridgehead atoms. The van der Waals surface area contributed by atoms with Crippen LogP contribution in [0, 0.1) is 0 Å². The van der Waals surface area contributed by atoms with Crippen molar-refractivity contribution in [1.82, 2.24) is 19.4 Å². The number of imidazole rings is 1. The first-order chi connectivity index (χ1) is 10.4. The summed E-state index contributed by atoms with van der Waals surface area (Å²) in [4.78, 5) is 24.1. The Bertz CT molecular complexity index is 576. The van der Waals surface area contributed by atoms with E-state index in [9.17, 15) is 4.79 Å². The molecule has 2 aromatic heterocycles. The molecular weight excluding hydrogens is 266 g/mol. The number of rotatable bonds is 5. The van der Waals surface area contributed by atoms with Crippen LogP contribution < -0.4 is 4.90 Å². The molecule has 0 aliphatic carbocycles. The maximum atomic E-state index is 11.1. The average Bonchev–Trinajstić information content (AvgIpc) is 3.07. The standard InChI is InChI=1S/C15H19N5O/c21-12-14-2-1-3-17-15(14)20-10-8-18(9-11-20)6-7-19-5-4-16-13-19/h1-5,12-13H,6-11H2. The van der Waals surface area contributed by atoms with E-state index in [4.69, 9.17) is 0 Å². The lowest BCUT2D eigenvalue weighted by Gasteiger charge is -2.35. The van der Waals surface area contributed by atoms with E-state index in [1.54, 1.807) is 18.5 Å². The van der Waals surface area contributed by atoms with Crippen LogP contribution in [-0.2, 0) is 6.54 Å². The SMILES string of the molecule is O=Cc1cccnc1N1CCN(CCn2ccnc2)CC1. The van der Waals surface area contributed by atoms with Crippen LogP contribution in [0.5, 0.6) is 0 Å². The van der Waals surface area contributed by atoms with Crippen molar-refractivity contribution < 1.29 is 4.79 Å². The van der Waals surface area contributed by atoms with E-state index in [-0.39, 0.29) is 0 Å².